The van der Waals surface area contributed by atoms with Gasteiger partial charge < -0.3 is 14.6 Å². The minimum atomic E-state index is -1.30. The fourth-order valence-corrected chi connectivity index (χ4v) is 1.27. The van der Waals surface area contributed by atoms with E-state index in [1.165, 1.54) is 6.92 Å². The molecule has 17 heavy (non-hydrogen) atoms. The summed E-state index contributed by atoms with van der Waals surface area (Å²) >= 11 is 0. The standard InChI is InChI=1S/C13H18O4/c1-3-16-12(15)13(2,10-14)17-9-11-7-5-4-6-8-11/h4-8,14H,3,9-10H2,1-2H3/t13-/m0/s1. The number of benzene rings is 1. The second-order valence-electron chi connectivity index (χ2n) is 3.88. The van der Waals surface area contributed by atoms with Gasteiger partial charge in [-0.2, -0.15) is 0 Å². The van der Waals surface area contributed by atoms with Crippen LogP contribution >= 0.6 is 0 Å². The summed E-state index contributed by atoms with van der Waals surface area (Å²) in [6.45, 7) is 3.36. The number of rotatable bonds is 6. The number of carbonyl (C=O) groups excluding carboxylic acids is 1. The van der Waals surface area contributed by atoms with Crippen LogP contribution in [0.3, 0.4) is 0 Å². The highest BCUT2D eigenvalue weighted by Crippen LogP contribution is 2.15. The van der Waals surface area contributed by atoms with Crippen LogP contribution in [0.4, 0.5) is 0 Å². The highest BCUT2D eigenvalue weighted by Gasteiger charge is 2.35. The maximum Gasteiger partial charge on any atom is 0.340 e. The Balaban J connectivity index is 2.60. The molecule has 4 heteroatoms. The van der Waals surface area contributed by atoms with E-state index in [2.05, 4.69) is 0 Å². The van der Waals surface area contributed by atoms with Gasteiger partial charge in [0.2, 0.25) is 0 Å². The lowest BCUT2D eigenvalue weighted by atomic mass is 10.1. The molecule has 1 aromatic rings. The van der Waals surface area contributed by atoms with Crippen LogP contribution in [0.2, 0.25) is 0 Å². The summed E-state index contributed by atoms with van der Waals surface area (Å²) in [6.07, 6.45) is 0. The van der Waals surface area contributed by atoms with Gasteiger partial charge in [-0.3, -0.25) is 0 Å². The Bertz CT molecular complexity index is 350. The first-order valence-corrected chi connectivity index (χ1v) is 5.58. The molecule has 0 radical (unpaired) electrons. The van der Waals surface area contributed by atoms with Crippen molar-refractivity contribution in [1.82, 2.24) is 0 Å². The number of esters is 1. The summed E-state index contributed by atoms with van der Waals surface area (Å²) in [5, 5.41) is 9.23. The summed E-state index contributed by atoms with van der Waals surface area (Å²) in [5.74, 6) is -0.543. The molecule has 0 aliphatic carbocycles. The van der Waals surface area contributed by atoms with Gasteiger partial charge in [0.15, 0.2) is 5.60 Å². The van der Waals surface area contributed by atoms with Gasteiger partial charge in [-0.05, 0) is 19.4 Å². The van der Waals surface area contributed by atoms with Gasteiger partial charge in [0.25, 0.3) is 0 Å². The van der Waals surface area contributed by atoms with E-state index in [-0.39, 0.29) is 13.2 Å². The quantitative estimate of drug-likeness (QED) is 0.763. The molecule has 0 fully saturated rings. The normalized spacial score (nSPS) is 14.1. The van der Waals surface area contributed by atoms with Crippen molar-refractivity contribution in [3.8, 4) is 0 Å². The van der Waals surface area contributed by atoms with E-state index < -0.39 is 18.2 Å². The molecule has 0 unspecified atom stereocenters. The molecule has 0 saturated carbocycles. The summed E-state index contributed by atoms with van der Waals surface area (Å²) in [6, 6.07) is 9.46. The molecule has 0 amide bonds. The van der Waals surface area contributed by atoms with E-state index in [0.29, 0.717) is 0 Å². The van der Waals surface area contributed by atoms with Crippen LogP contribution in [0.15, 0.2) is 30.3 Å². The van der Waals surface area contributed by atoms with E-state index in [1.807, 2.05) is 30.3 Å². The lowest BCUT2D eigenvalue weighted by molar-refractivity contribution is -0.177. The third-order valence-corrected chi connectivity index (χ3v) is 2.41. The van der Waals surface area contributed by atoms with Crippen LogP contribution in [0, 0.1) is 0 Å². The molecular formula is C13H18O4. The SMILES string of the molecule is CCOC(=O)[C@](C)(CO)OCc1ccccc1. The average Bonchev–Trinajstić information content (AvgIpc) is 2.37. The zero-order valence-corrected chi connectivity index (χ0v) is 10.2. The van der Waals surface area contributed by atoms with Crippen molar-refractivity contribution < 1.29 is 19.4 Å². The van der Waals surface area contributed by atoms with E-state index in [1.54, 1.807) is 6.92 Å². The Morgan fingerprint density at radius 2 is 2.00 bits per heavy atom. The summed E-state index contributed by atoms with van der Waals surface area (Å²) in [7, 11) is 0. The Hall–Kier alpha value is -1.39. The number of ether oxygens (including phenoxy) is 2. The number of aliphatic hydroxyl groups is 1. The second-order valence-corrected chi connectivity index (χ2v) is 3.88. The minimum Gasteiger partial charge on any atom is -0.464 e. The molecule has 0 aromatic heterocycles. The van der Waals surface area contributed by atoms with Gasteiger partial charge in [-0.15, -0.1) is 0 Å². The fourth-order valence-electron chi connectivity index (χ4n) is 1.27. The molecule has 1 aromatic carbocycles. The average molecular weight is 238 g/mol. The van der Waals surface area contributed by atoms with Gasteiger partial charge >= 0.3 is 5.97 Å². The number of hydrogen-bond acceptors (Lipinski definition) is 4. The third-order valence-electron chi connectivity index (χ3n) is 2.41. The third kappa shape index (κ3) is 3.84. The highest BCUT2D eigenvalue weighted by molar-refractivity contribution is 5.79. The maximum absolute atomic E-state index is 11.6. The van der Waals surface area contributed by atoms with Crippen molar-refractivity contribution in [1.29, 1.82) is 0 Å². The van der Waals surface area contributed by atoms with E-state index in [4.69, 9.17) is 9.47 Å². The topological polar surface area (TPSA) is 55.8 Å². The van der Waals surface area contributed by atoms with Crippen molar-refractivity contribution in [3.63, 3.8) is 0 Å². The van der Waals surface area contributed by atoms with Gasteiger partial charge in [-0.25, -0.2) is 4.79 Å². The summed E-state index contributed by atoms with van der Waals surface area (Å²) < 4.78 is 10.3. The highest BCUT2D eigenvalue weighted by atomic mass is 16.6. The van der Waals surface area contributed by atoms with Crippen molar-refractivity contribution >= 4 is 5.97 Å². The molecule has 0 aliphatic heterocycles. The molecule has 1 rings (SSSR count). The summed E-state index contributed by atoms with van der Waals surface area (Å²) in [4.78, 5) is 11.6. The van der Waals surface area contributed by atoms with Crippen LogP contribution in [0.1, 0.15) is 19.4 Å². The number of aliphatic hydroxyl groups excluding tert-OH is 1. The molecule has 0 aliphatic rings. The largest absolute Gasteiger partial charge is 0.464 e. The van der Waals surface area contributed by atoms with Crippen molar-refractivity contribution in [3.05, 3.63) is 35.9 Å². The van der Waals surface area contributed by atoms with Crippen LogP contribution in [0.5, 0.6) is 0 Å². The predicted molar refractivity (Wildman–Crippen MR) is 63.4 cm³/mol. The Morgan fingerprint density at radius 3 is 2.53 bits per heavy atom. The lowest BCUT2D eigenvalue weighted by Crippen LogP contribution is -2.43. The molecule has 0 spiro atoms. The van der Waals surface area contributed by atoms with E-state index in [0.717, 1.165) is 5.56 Å². The van der Waals surface area contributed by atoms with Gasteiger partial charge in [0, 0.05) is 0 Å². The molecule has 0 saturated heterocycles. The number of carbonyl (C=O) groups is 1. The van der Waals surface area contributed by atoms with Gasteiger partial charge in [0.05, 0.1) is 19.8 Å². The maximum atomic E-state index is 11.6. The first-order valence-electron chi connectivity index (χ1n) is 5.58. The first-order chi connectivity index (χ1) is 8.12. The zero-order valence-electron chi connectivity index (χ0n) is 10.2. The van der Waals surface area contributed by atoms with Crippen molar-refractivity contribution in [2.45, 2.75) is 26.1 Å². The zero-order chi connectivity index (χ0) is 12.7. The molecule has 94 valence electrons. The Kier molecular flexibility index (Phi) is 5.12. The first kappa shape index (κ1) is 13.7. The van der Waals surface area contributed by atoms with E-state index >= 15 is 0 Å². The lowest BCUT2D eigenvalue weighted by Gasteiger charge is -2.25. The van der Waals surface area contributed by atoms with Crippen LogP contribution in [0.25, 0.3) is 0 Å². The van der Waals surface area contributed by atoms with Gasteiger partial charge in [-0.1, -0.05) is 30.3 Å². The monoisotopic (exact) mass is 238 g/mol. The minimum absolute atomic E-state index is 0.261. The van der Waals surface area contributed by atoms with Crippen LogP contribution in [-0.4, -0.2) is 29.9 Å². The molecule has 0 bridgehead atoms. The van der Waals surface area contributed by atoms with Crippen LogP contribution < -0.4 is 0 Å². The molecule has 1 atom stereocenters. The van der Waals surface area contributed by atoms with E-state index in [9.17, 15) is 9.90 Å². The molecule has 0 heterocycles. The fraction of sp³-hybridized carbons (Fsp3) is 0.462. The molecule has 1 N–H and O–H groups in total. The van der Waals surface area contributed by atoms with Crippen molar-refractivity contribution in [2.24, 2.45) is 0 Å². The number of hydrogen-bond donors (Lipinski definition) is 1. The second kappa shape index (κ2) is 6.37. The molecular weight excluding hydrogens is 220 g/mol. The van der Waals surface area contributed by atoms with Crippen LogP contribution in [-0.2, 0) is 20.9 Å². The molecule has 4 nitrogen and oxygen atoms in total. The predicted octanol–water partition coefficient (Wildman–Crippen LogP) is 1.52. The van der Waals surface area contributed by atoms with Gasteiger partial charge in [0.1, 0.15) is 0 Å². The summed E-state index contributed by atoms with van der Waals surface area (Å²) in [5.41, 5.74) is -0.359. The van der Waals surface area contributed by atoms with Crippen molar-refractivity contribution in [2.75, 3.05) is 13.2 Å². The smallest absolute Gasteiger partial charge is 0.340 e. The Labute approximate surface area is 101 Å². The Morgan fingerprint density at radius 1 is 1.35 bits per heavy atom.